The van der Waals surface area contributed by atoms with E-state index in [-0.39, 0.29) is 12.8 Å². The first kappa shape index (κ1) is 48.2. The second-order valence-corrected chi connectivity index (χ2v) is 13.9. The summed E-state index contributed by atoms with van der Waals surface area (Å²) in [5.41, 5.74) is 0. The van der Waals surface area contributed by atoms with E-state index in [2.05, 4.69) is 67.8 Å². The number of aliphatic carboxylic acids is 1. The van der Waals surface area contributed by atoms with Crippen LogP contribution in [-0.2, 0) is 32.7 Å². The number of esters is 1. The number of rotatable bonds is 34. The first-order chi connectivity index (χ1) is 24.6. The standard InChI is InChI=1S/C39H66NO10P/c1-3-5-7-9-11-13-15-16-17-18-19-20-21-22-24-26-28-30-37(42)40-36(39(44)45)34-50-51(46,47)49-33-35(41)32-48-38(43)31-29-27-25-23-14-12-10-8-6-4-2/h8,10-11,13,16-17,19-20,22,24,35-36,41H,3-7,9,12,14-15,18,21,23,25-34H2,1-2H3,(H,40,42)(H,44,45)(H,46,47)/b10-8-,13-11-,17-16-,20-19-,24-22-. The molecule has 0 aliphatic rings. The number of aliphatic hydroxyl groups excluding tert-OH is 1. The molecule has 0 radical (unpaired) electrons. The van der Waals surface area contributed by atoms with Crippen LogP contribution < -0.4 is 5.32 Å². The van der Waals surface area contributed by atoms with E-state index in [9.17, 15) is 34.1 Å². The van der Waals surface area contributed by atoms with E-state index >= 15 is 0 Å². The number of unbranched alkanes of at least 4 members (excludes halogenated alkanes) is 10. The number of nitrogens with one attached hydrogen (secondary N) is 1. The van der Waals surface area contributed by atoms with Gasteiger partial charge in [-0.1, -0.05) is 113 Å². The number of allylic oxidation sites excluding steroid dienone is 10. The van der Waals surface area contributed by atoms with Crippen molar-refractivity contribution in [3.8, 4) is 0 Å². The summed E-state index contributed by atoms with van der Waals surface area (Å²) in [6.45, 7) is 2.41. The molecule has 12 heteroatoms. The van der Waals surface area contributed by atoms with Gasteiger partial charge >= 0.3 is 19.8 Å². The molecule has 0 saturated heterocycles. The number of carbonyl (C=O) groups is 3. The van der Waals surface area contributed by atoms with Crippen molar-refractivity contribution in [1.29, 1.82) is 0 Å². The molecule has 0 aromatic heterocycles. The van der Waals surface area contributed by atoms with E-state index in [0.717, 1.165) is 70.6 Å². The van der Waals surface area contributed by atoms with Crippen molar-refractivity contribution in [3.05, 3.63) is 60.8 Å². The number of hydrogen-bond donors (Lipinski definition) is 4. The molecule has 0 aliphatic carbocycles. The number of ether oxygens (including phenoxy) is 1. The van der Waals surface area contributed by atoms with Gasteiger partial charge in [0.2, 0.25) is 5.91 Å². The molecule has 0 aliphatic heterocycles. The Morgan fingerprint density at radius 1 is 0.627 bits per heavy atom. The summed E-state index contributed by atoms with van der Waals surface area (Å²) in [5, 5.41) is 21.7. The molecule has 0 aromatic carbocycles. The normalized spacial score (nSPS) is 14.6. The van der Waals surface area contributed by atoms with Crippen LogP contribution >= 0.6 is 7.82 Å². The van der Waals surface area contributed by atoms with Crippen molar-refractivity contribution in [3.63, 3.8) is 0 Å². The molecule has 51 heavy (non-hydrogen) atoms. The number of carboxylic acid groups (broad SMARTS) is 1. The van der Waals surface area contributed by atoms with Gasteiger partial charge in [-0.2, -0.15) is 0 Å². The van der Waals surface area contributed by atoms with Gasteiger partial charge in [0, 0.05) is 12.8 Å². The summed E-state index contributed by atoms with van der Waals surface area (Å²) >= 11 is 0. The minimum Gasteiger partial charge on any atom is -0.480 e. The summed E-state index contributed by atoms with van der Waals surface area (Å²) < 4.78 is 26.6. The molecule has 0 fully saturated rings. The molecule has 1 amide bonds. The van der Waals surface area contributed by atoms with Crippen molar-refractivity contribution < 1.29 is 47.8 Å². The van der Waals surface area contributed by atoms with Crippen LogP contribution in [0, 0.1) is 0 Å². The third-order valence-electron chi connectivity index (χ3n) is 7.51. The molecule has 4 N–H and O–H groups in total. The second kappa shape index (κ2) is 34.3. The molecule has 3 atom stereocenters. The third-order valence-corrected chi connectivity index (χ3v) is 8.46. The summed E-state index contributed by atoms with van der Waals surface area (Å²) in [5.74, 6) is -2.47. The molecule has 0 aromatic rings. The third kappa shape index (κ3) is 34.1. The maximum Gasteiger partial charge on any atom is 0.472 e. The molecule has 3 unspecified atom stereocenters. The molecule has 0 saturated carbocycles. The number of phosphoric acid groups is 1. The van der Waals surface area contributed by atoms with Crippen molar-refractivity contribution in [1.82, 2.24) is 5.32 Å². The SMILES string of the molecule is CCC/C=C\CCCCCCCC(=O)OCC(O)COP(=O)(O)OCC(NC(=O)CCC/C=C\C/C=C\C/C=C\C/C=C\CCCCC)C(=O)O. The van der Waals surface area contributed by atoms with E-state index < -0.39 is 57.6 Å². The van der Waals surface area contributed by atoms with E-state index in [1.54, 1.807) is 0 Å². The first-order valence-electron chi connectivity index (χ1n) is 18.8. The Kier molecular flexibility index (Phi) is 32.4. The van der Waals surface area contributed by atoms with Crippen molar-refractivity contribution >= 4 is 25.7 Å². The topological polar surface area (TPSA) is 169 Å². The average Bonchev–Trinajstić information content (AvgIpc) is 3.10. The van der Waals surface area contributed by atoms with Gasteiger partial charge in [-0.05, 0) is 70.6 Å². The lowest BCUT2D eigenvalue weighted by Gasteiger charge is -2.18. The zero-order chi connectivity index (χ0) is 37.8. The largest absolute Gasteiger partial charge is 0.480 e. The fourth-order valence-electron chi connectivity index (χ4n) is 4.54. The Balaban J connectivity index is 4.10. The smallest absolute Gasteiger partial charge is 0.472 e. The predicted molar refractivity (Wildman–Crippen MR) is 203 cm³/mol. The van der Waals surface area contributed by atoms with Crippen molar-refractivity contribution in [2.75, 3.05) is 19.8 Å². The fourth-order valence-corrected chi connectivity index (χ4v) is 5.31. The summed E-state index contributed by atoms with van der Waals surface area (Å²) in [7, 11) is -4.77. The molecule has 292 valence electrons. The van der Waals surface area contributed by atoms with Gasteiger partial charge in [0.25, 0.3) is 0 Å². The first-order valence-corrected chi connectivity index (χ1v) is 20.3. The van der Waals surface area contributed by atoms with Gasteiger partial charge in [0.1, 0.15) is 12.7 Å². The zero-order valence-corrected chi connectivity index (χ0v) is 32.0. The summed E-state index contributed by atoms with van der Waals surface area (Å²) in [6.07, 6.45) is 37.0. The highest BCUT2D eigenvalue weighted by molar-refractivity contribution is 7.47. The Morgan fingerprint density at radius 3 is 1.75 bits per heavy atom. The number of carboxylic acids is 1. The van der Waals surface area contributed by atoms with E-state index in [1.807, 2.05) is 12.2 Å². The maximum atomic E-state index is 12.2. The minimum atomic E-state index is -4.77. The van der Waals surface area contributed by atoms with Gasteiger partial charge in [-0.15, -0.1) is 0 Å². The number of carbonyl (C=O) groups excluding carboxylic acids is 2. The molecule has 11 nitrogen and oxygen atoms in total. The highest BCUT2D eigenvalue weighted by atomic mass is 31.2. The monoisotopic (exact) mass is 739 g/mol. The van der Waals surface area contributed by atoms with E-state index in [1.165, 1.54) is 19.3 Å². The van der Waals surface area contributed by atoms with Gasteiger partial charge in [0.15, 0.2) is 6.04 Å². The summed E-state index contributed by atoms with van der Waals surface area (Å²) in [4.78, 5) is 45.6. The highest BCUT2D eigenvalue weighted by Crippen LogP contribution is 2.43. The van der Waals surface area contributed by atoms with E-state index in [0.29, 0.717) is 19.3 Å². The van der Waals surface area contributed by atoms with Crippen LogP contribution in [-0.4, -0.2) is 64.9 Å². The van der Waals surface area contributed by atoms with Crippen LogP contribution in [0.25, 0.3) is 0 Å². The maximum absolute atomic E-state index is 12.2. The van der Waals surface area contributed by atoms with Crippen LogP contribution in [0.1, 0.15) is 136 Å². The predicted octanol–water partition coefficient (Wildman–Crippen LogP) is 8.83. The lowest BCUT2D eigenvalue weighted by Crippen LogP contribution is -2.43. The van der Waals surface area contributed by atoms with Gasteiger partial charge in [0.05, 0.1) is 13.2 Å². The van der Waals surface area contributed by atoms with Crippen molar-refractivity contribution in [2.45, 2.75) is 148 Å². The van der Waals surface area contributed by atoms with Gasteiger partial charge in [-0.25, -0.2) is 9.36 Å². The van der Waals surface area contributed by atoms with Crippen LogP contribution in [0.4, 0.5) is 0 Å². The van der Waals surface area contributed by atoms with Crippen LogP contribution in [0.15, 0.2) is 60.8 Å². The number of phosphoric ester groups is 1. The summed E-state index contributed by atoms with van der Waals surface area (Å²) in [6, 6.07) is -1.58. The van der Waals surface area contributed by atoms with Gasteiger partial charge < -0.3 is 25.2 Å². The molecule has 0 spiro atoms. The minimum absolute atomic E-state index is 0.0665. The number of aliphatic hydroxyl groups is 1. The lowest BCUT2D eigenvalue weighted by atomic mass is 10.1. The molecule has 0 heterocycles. The van der Waals surface area contributed by atoms with E-state index in [4.69, 9.17) is 13.8 Å². The van der Waals surface area contributed by atoms with Crippen LogP contribution in [0.3, 0.4) is 0 Å². The molecule has 0 rings (SSSR count). The lowest BCUT2D eigenvalue weighted by molar-refractivity contribution is -0.147. The van der Waals surface area contributed by atoms with Crippen molar-refractivity contribution in [2.24, 2.45) is 0 Å². The highest BCUT2D eigenvalue weighted by Gasteiger charge is 2.28. The van der Waals surface area contributed by atoms with Gasteiger partial charge in [-0.3, -0.25) is 18.6 Å². The molecular formula is C39H66NO10P. The average molecular weight is 740 g/mol. The second-order valence-electron chi connectivity index (χ2n) is 12.4. The Labute approximate surface area is 306 Å². The van der Waals surface area contributed by atoms with Crippen LogP contribution in [0.5, 0.6) is 0 Å². The Hall–Kier alpha value is -2.82. The fraction of sp³-hybridized carbons (Fsp3) is 0.667. The zero-order valence-electron chi connectivity index (χ0n) is 31.1. The number of amides is 1. The molecular weight excluding hydrogens is 673 g/mol. The number of hydrogen-bond acceptors (Lipinski definition) is 8. The Bertz CT molecular complexity index is 1100. The quantitative estimate of drug-likeness (QED) is 0.0217. The van der Waals surface area contributed by atoms with Crippen LogP contribution in [0.2, 0.25) is 0 Å². The Morgan fingerprint density at radius 2 is 1.14 bits per heavy atom. The molecule has 0 bridgehead atoms.